The molecule has 1 aromatic carbocycles. The molecule has 0 radical (unpaired) electrons. The number of halogens is 1. The van der Waals surface area contributed by atoms with Crippen molar-refractivity contribution in [2.45, 2.75) is 45.6 Å². The molecule has 1 atom stereocenters. The molecule has 2 aromatic rings. The van der Waals surface area contributed by atoms with E-state index in [9.17, 15) is 4.39 Å². The number of benzene rings is 1. The summed E-state index contributed by atoms with van der Waals surface area (Å²) in [5.41, 5.74) is 3.69. The van der Waals surface area contributed by atoms with E-state index in [1.165, 1.54) is 43.5 Å². The van der Waals surface area contributed by atoms with Crippen LogP contribution in [-0.4, -0.2) is 73.8 Å². The molecule has 0 N–H and O–H groups in total. The summed E-state index contributed by atoms with van der Waals surface area (Å²) < 4.78 is 19.4. The number of rotatable bonds is 6. The Kier molecular flexibility index (Phi) is 8.04. The summed E-state index contributed by atoms with van der Waals surface area (Å²) in [6.45, 7) is 13.5. The number of nitrogens with zero attached hydrogens (tertiary/aromatic N) is 4. The number of hydrogen-bond donors (Lipinski definition) is 0. The zero-order valence-corrected chi connectivity index (χ0v) is 22.0. The highest BCUT2D eigenvalue weighted by molar-refractivity contribution is 5.56. The van der Waals surface area contributed by atoms with Crippen LogP contribution in [-0.2, 0) is 4.74 Å². The van der Waals surface area contributed by atoms with Gasteiger partial charge in [0.1, 0.15) is 11.6 Å². The highest BCUT2D eigenvalue weighted by Crippen LogP contribution is 2.44. The molecule has 0 amide bonds. The number of pyridine rings is 1. The van der Waals surface area contributed by atoms with Gasteiger partial charge in [-0.2, -0.15) is 0 Å². The number of aromatic nitrogens is 1. The number of ether oxygens (including phenoxy) is 1. The van der Waals surface area contributed by atoms with E-state index in [0.717, 1.165) is 63.9 Å². The summed E-state index contributed by atoms with van der Waals surface area (Å²) in [5, 5.41) is 0. The van der Waals surface area contributed by atoms with E-state index in [0.29, 0.717) is 0 Å². The van der Waals surface area contributed by atoms with Crippen LogP contribution >= 0.6 is 0 Å². The van der Waals surface area contributed by atoms with Crippen molar-refractivity contribution in [3.05, 3.63) is 65.1 Å². The summed E-state index contributed by atoms with van der Waals surface area (Å²) in [7, 11) is 0. The van der Waals surface area contributed by atoms with Crippen LogP contribution in [0.15, 0.2) is 48.0 Å². The van der Waals surface area contributed by atoms with E-state index < -0.39 is 0 Å². The van der Waals surface area contributed by atoms with Crippen LogP contribution in [0.3, 0.4) is 0 Å². The van der Waals surface area contributed by atoms with E-state index in [1.54, 1.807) is 12.1 Å². The molecule has 3 aliphatic heterocycles. The average molecular weight is 493 g/mol. The SMILES string of the molecule is CC1(C)CC(=Cc2cccc(N3CCOCC3)n2)C(c2ccc(F)cc2)N(CCN2CCCCC2)C1. The Morgan fingerprint density at radius 2 is 1.72 bits per heavy atom. The van der Waals surface area contributed by atoms with Crippen molar-refractivity contribution in [3.63, 3.8) is 0 Å². The van der Waals surface area contributed by atoms with Crippen molar-refractivity contribution in [2.75, 3.05) is 63.9 Å². The van der Waals surface area contributed by atoms with Gasteiger partial charge in [0.05, 0.1) is 24.9 Å². The van der Waals surface area contributed by atoms with Crippen LogP contribution < -0.4 is 4.90 Å². The maximum Gasteiger partial charge on any atom is 0.129 e. The number of likely N-dealkylation sites (tertiary alicyclic amines) is 2. The van der Waals surface area contributed by atoms with Gasteiger partial charge in [0.25, 0.3) is 0 Å². The second-order valence-electron chi connectivity index (χ2n) is 11.4. The lowest BCUT2D eigenvalue weighted by Gasteiger charge is -2.46. The van der Waals surface area contributed by atoms with Gasteiger partial charge in [-0.1, -0.05) is 38.5 Å². The van der Waals surface area contributed by atoms with E-state index in [4.69, 9.17) is 9.72 Å². The van der Waals surface area contributed by atoms with Gasteiger partial charge in [0.2, 0.25) is 0 Å². The van der Waals surface area contributed by atoms with Gasteiger partial charge < -0.3 is 14.5 Å². The molecule has 3 aliphatic rings. The van der Waals surface area contributed by atoms with Crippen molar-refractivity contribution in [1.29, 1.82) is 0 Å². The molecular weight excluding hydrogens is 451 g/mol. The lowest BCUT2D eigenvalue weighted by molar-refractivity contribution is 0.0869. The molecule has 3 saturated heterocycles. The molecule has 0 saturated carbocycles. The Balaban J connectivity index is 1.46. The fourth-order valence-corrected chi connectivity index (χ4v) is 6.12. The number of piperidine rings is 2. The standard InChI is InChI=1S/C30H41FN4O/c1-30(2)22-25(21-27-7-6-8-28(32-27)34-17-19-36-20-18-34)29(24-9-11-26(31)12-10-24)35(23-30)16-15-33-13-4-3-5-14-33/h6-12,21,29H,3-5,13-20,22-23H2,1-2H3. The highest BCUT2D eigenvalue weighted by Gasteiger charge is 2.37. The summed E-state index contributed by atoms with van der Waals surface area (Å²) >= 11 is 0. The van der Waals surface area contributed by atoms with Crippen LogP contribution in [0.25, 0.3) is 6.08 Å². The topological polar surface area (TPSA) is 31.8 Å². The molecule has 6 heteroatoms. The summed E-state index contributed by atoms with van der Waals surface area (Å²) in [5.74, 6) is 0.836. The van der Waals surface area contributed by atoms with Gasteiger partial charge in [0, 0.05) is 32.7 Å². The van der Waals surface area contributed by atoms with E-state index in [-0.39, 0.29) is 17.3 Å². The van der Waals surface area contributed by atoms with Gasteiger partial charge >= 0.3 is 0 Å². The summed E-state index contributed by atoms with van der Waals surface area (Å²) in [6, 6.07) is 13.6. The van der Waals surface area contributed by atoms with Gasteiger partial charge in [0.15, 0.2) is 0 Å². The van der Waals surface area contributed by atoms with Crippen LogP contribution in [0.1, 0.15) is 56.8 Å². The van der Waals surface area contributed by atoms with Gasteiger partial charge in [-0.3, -0.25) is 4.90 Å². The Morgan fingerprint density at radius 1 is 0.972 bits per heavy atom. The van der Waals surface area contributed by atoms with Crippen molar-refractivity contribution in [2.24, 2.45) is 5.41 Å². The van der Waals surface area contributed by atoms with Crippen molar-refractivity contribution in [1.82, 2.24) is 14.8 Å². The normalized spacial score (nSPS) is 24.8. The Bertz CT molecular complexity index is 1030. The van der Waals surface area contributed by atoms with Crippen LogP contribution in [0.5, 0.6) is 0 Å². The largest absolute Gasteiger partial charge is 0.378 e. The predicted octanol–water partition coefficient (Wildman–Crippen LogP) is 5.40. The van der Waals surface area contributed by atoms with Crippen LogP contribution in [0.2, 0.25) is 0 Å². The highest BCUT2D eigenvalue weighted by atomic mass is 19.1. The minimum absolute atomic E-state index is 0.136. The van der Waals surface area contributed by atoms with Crippen molar-refractivity contribution < 1.29 is 9.13 Å². The van der Waals surface area contributed by atoms with Gasteiger partial charge in [-0.05, 0) is 79.2 Å². The summed E-state index contributed by atoms with van der Waals surface area (Å²) in [4.78, 5) is 12.6. The first-order valence-electron chi connectivity index (χ1n) is 13.7. The smallest absolute Gasteiger partial charge is 0.129 e. The molecule has 3 fully saturated rings. The van der Waals surface area contributed by atoms with Crippen LogP contribution in [0.4, 0.5) is 10.2 Å². The van der Waals surface area contributed by atoms with E-state index in [2.05, 4.69) is 52.8 Å². The second kappa shape index (κ2) is 11.4. The Hall–Kier alpha value is -2.28. The lowest BCUT2D eigenvalue weighted by Crippen LogP contribution is -2.47. The van der Waals surface area contributed by atoms with Crippen molar-refractivity contribution in [3.8, 4) is 0 Å². The average Bonchev–Trinajstić information content (AvgIpc) is 2.89. The zero-order chi connectivity index (χ0) is 25.0. The first-order valence-corrected chi connectivity index (χ1v) is 13.7. The number of anilines is 1. The Labute approximate surface area is 215 Å². The second-order valence-corrected chi connectivity index (χ2v) is 11.4. The van der Waals surface area contributed by atoms with E-state index >= 15 is 0 Å². The van der Waals surface area contributed by atoms with Gasteiger partial charge in [-0.15, -0.1) is 0 Å². The minimum atomic E-state index is -0.180. The molecular formula is C30H41FN4O. The predicted molar refractivity (Wildman–Crippen MR) is 145 cm³/mol. The number of morpholine rings is 1. The molecule has 194 valence electrons. The van der Waals surface area contributed by atoms with Gasteiger partial charge in [-0.25, -0.2) is 9.37 Å². The maximum absolute atomic E-state index is 13.9. The fraction of sp³-hybridized carbons (Fsp3) is 0.567. The number of hydrogen-bond acceptors (Lipinski definition) is 5. The van der Waals surface area contributed by atoms with E-state index in [1.807, 2.05) is 12.1 Å². The molecule has 0 aliphatic carbocycles. The molecule has 5 rings (SSSR count). The third kappa shape index (κ3) is 6.34. The summed E-state index contributed by atoms with van der Waals surface area (Å²) in [6.07, 6.45) is 7.27. The molecule has 0 bridgehead atoms. The lowest BCUT2D eigenvalue weighted by atomic mass is 9.76. The molecule has 4 heterocycles. The minimum Gasteiger partial charge on any atom is -0.378 e. The Morgan fingerprint density at radius 3 is 2.47 bits per heavy atom. The zero-order valence-electron chi connectivity index (χ0n) is 22.0. The molecule has 0 spiro atoms. The van der Waals surface area contributed by atoms with Crippen LogP contribution in [0, 0.1) is 11.2 Å². The quantitative estimate of drug-likeness (QED) is 0.539. The first kappa shape index (κ1) is 25.4. The molecule has 5 nitrogen and oxygen atoms in total. The third-order valence-corrected chi connectivity index (χ3v) is 7.79. The fourth-order valence-electron chi connectivity index (χ4n) is 6.12. The van der Waals surface area contributed by atoms with Crippen molar-refractivity contribution >= 4 is 11.9 Å². The molecule has 1 aromatic heterocycles. The maximum atomic E-state index is 13.9. The third-order valence-electron chi connectivity index (χ3n) is 7.79. The molecule has 1 unspecified atom stereocenters. The monoisotopic (exact) mass is 492 g/mol. The first-order chi connectivity index (χ1) is 17.5. The molecule has 36 heavy (non-hydrogen) atoms.